The van der Waals surface area contributed by atoms with Crippen molar-refractivity contribution >= 4 is 40.2 Å². The fourth-order valence-corrected chi connectivity index (χ4v) is 4.46. The summed E-state index contributed by atoms with van der Waals surface area (Å²) >= 11 is 7.21. The number of carbonyl (C=O) groups is 1. The first-order valence-corrected chi connectivity index (χ1v) is 11.5. The van der Waals surface area contributed by atoms with Gasteiger partial charge in [-0.15, -0.1) is 0 Å². The number of fused-ring (bicyclic) bond motifs is 1. The first-order chi connectivity index (χ1) is 15.8. The highest BCUT2D eigenvalue weighted by molar-refractivity contribution is 7.99. The number of aryl methyl sites for hydroxylation is 1. The van der Waals surface area contributed by atoms with Crippen molar-refractivity contribution in [2.24, 2.45) is 0 Å². The van der Waals surface area contributed by atoms with Crippen molar-refractivity contribution in [2.45, 2.75) is 18.6 Å². The molecular weight excluding hydrogens is 463 g/mol. The number of benzene rings is 2. The van der Waals surface area contributed by atoms with Crippen LogP contribution in [-0.4, -0.2) is 38.1 Å². The molecule has 0 bridgehead atoms. The molecule has 2 heterocycles. The second-order valence-electron chi connectivity index (χ2n) is 7.48. The number of nitrogens with zero attached hydrogens (tertiary/aromatic N) is 4. The molecule has 2 aromatic heterocycles. The van der Waals surface area contributed by atoms with E-state index in [1.165, 1.54) is 21.6 Å². The summed E-state index contributed by atoms with van der Waals surface area (Å²) in [5.74, 6) is -0.297. The van der Waals surface area contributed by atoms with Gasteiger partial charge in [-0.25, -0.2) is 18.9 Å². The lowest BCUT2D eigenvalue weighted by molar-refractivity contribution is -0.127. The number of aromatic nitrogens is 3. The van der Waals surface area contributed by atoms with Gasteiger partial charge in [-0.05, 0) is 48.9 Å². The minimum atomic E-state index is -0.467. The molecule has 1 amide bonds. The summed E-state index contributed by atoms with van der Waals surface area (Å²) in [6.07, 6.45) is 1.62. The van der Waals surface area contributed by atoms with Gasteiger partial charge in [0.15, 0.2) is 5.16 Å². The molecule has 0 aliphatic rings. The second-order valence-corrected chi connectivity index (χ2v) is 8.83. The fraction of sp³-hybridized carbons (Fsp3) is 0.167. The van der Waals surface area contributed by atoms with E-state index in [-0.39, 0.29) is 34.4 Å². The Morgan fingerprint density at radius 1 is 1.18 bits per heavy atom. The van der Waals surface area contributed by atoms with Gasteiger partial charge < -0.3 is 4.90 Å². The van der Waals surface area contributed by atoms with Crippen molar-refractivity contribution in [1.29, 1.82) is 0 Å². The number of halogens is 2. The van der Waals surface area contributed by atoms with Crippen LogP contribution >= 0.6 is 23.4 Å². The summed E-state index contributed by atoms with van der Waals surface area (Å²) < 4.78 is 15.5. The van der Waals surface area contributed by atoms with E-state index in [0.29, 0.717) is 21.9 Å². The SMILES string of the molecule is Cc1ccnc(-n2c(SCC(=O)N(C)Cc3c(F)cccc3Cl)nc3ccccc3c2=O)c1. The van der Waals surface area contributed by atoms with Gasteiger partial charge >= 0.3 is 0 Å². The molecule has 0 saturated heterocycles. The minimum absolute atomic E-state index is 0.000826. The van der Waals surface area contributed by atoms with Crippen molar-refractivity contribution in [3.8, 4) is 5.82 Å². The summed E-state index contributed by atoms with van der Waals surface area (Å²) in [6, 6.07) is 15.1. The molecule has 0 fully saturated rings. The van der Waals surface area contributed by atoms with Gasteiger partial charge in [0.2, 0.25) is 5.91 Å². The van der Waals surface area contributed by atoms with E-state index < -0.39 is 5.82 Å². The topological polar surface area (TPSA) is 68.1 Å². The molecule has 6 nitrogen and oxygen atoms in total. The lowest BCUT2D eigenvalue weighted by atomic mass is 10.2. The van der Waals surface area contributed by atoms with Crippen molar-refractivity contribution in [2.75, 3.05) is 12.8 Å². The number of pyridine rings is 1. The van der Waals surface area contributed by atoms with Crippen LogP contribution in [0.5, 0.6) is 0 Å². The van der Waals surface area contributed by atoms with Gasteiger partial charge in [-0.2, -0.15) is 0 Å². The lowest BCUT2D eigenvalue weighted by Gasteiger charge is -2.19. The third-order valence-electron chi connectivity index (χ3n) is 5.08. The monoisotopic (exact) mass is 482 g/mol. The van der Waals surface area contributed by atoms with E-state index in [4.69, 9.17) is 11.6 Å². The van der Waals surface area contributed by atoms with Crippen LogP contribution in [0.25, 0.3) is 16.7 Å². The maximum absolute atomic E-state index is 14.1. The Bertz CT molecular complexity index is 1390. The van der Waals surface area contributed by atoms with Crippen molar-refractivity contribution in [3.63, 3.8) is 0 Å². The predicted octanol–water partition coefficient (Wildman–Crippen LogP) is 4.63. The van der Waals surface area contributed by atoms with E-state index in [9.17, 15) is 14.0 Å². The highest BCUT2D eigenvalue weighted by Crippen LogP contribution is 2.23. The largest absolute Gasteiger partial charge is 0.341 e. The Kier molecular flexibility index (Phi) is 6.76. The van der Waals surface area contributed by atoms with Crippen LogP contribution in [0.4, 0.5) is 4.39 Å². The quantitative estimate of drug-likeness (QED) is 0.296. The molecule has 0 N–H and O–H groups in total. The maximum Gasteiger partial charge on any atom is 0.267 e. The van der Waals surface area contributed by atoms with Crippen molar-refractivity contribution in [1.82, 2.24) is 19.4 Å². The van der Waals surface area contributed by atoms with E-state index in [1.54, 1.807) is 49.6 Å². The lowest BCUT2D eigenvalue weighted by Crippen LogP contribution is -2.29. The number of carbonyl (C=O) groups excluding carboxylic acids is 1. The summed E-state index contributed by atoms with van der Waals surface area (Å²) in [7, 11) is 1.58. The number of hydrogen-bond donors (Lipinski definition) is 0. The molecule has 0 spiro atoms. The third-order valence-corrected chi connectivity index (χ3v) is 6.36. The normalized spacial score (nSPS) is 11.0. The fourth-order valence-electron chi connectivity index (χ4n) is 3.30. The molecule has 0 unspecified atom stereocenters. The van der Waals surface area contributed by atoms with E-state index in [0.717, 1.165) is 17.3 Å². The standard InChI is InChI=1S/C24H20ClFN4O2S/c1-15-10-11-27-21(12-15)30-23(32)16-6-3-4-9-20(16)28-24(30)33-14-22(31)29(2)13-17-18(25)7-5-8-19(17)26/h3-12H,13-14H2,1-2H3. The Hall–Kier alpha value is -3.23. The van der Waals surface area contributed by atoms with Crippen LogP contribution in [0.3, 0.4) is 0 Å². The van der Waals surface area contributed by atoms with Crippen molar-refractivity contribution < 1.29 is 9.18 Å². The summed E-state index contributed by atoms with van der Waals surface area (Å²) in [4.78, 5) is 36.4. The zero-order valence-electron chi connectivity index (χ0n) is 18.0. The van der Waals surface area contributed by atoms with E-state index in [1.807, 2.05) is 13.0 Å². The van der Waals surface area contributed by atoms with E-state index >= 15 is 0 Å². The average Bonchev–Trinajstić information content (AvgIpc) is 2.80. The van der Waals surface area contributed by atoms with Gasteiger partial charge in [0.25, 0.3) is 5.56 Å². The van der Waals surface area contributed by atoms with Crippen LogP contribution in [-0.2, 0) is 11.3 Å². The molecule has 0 radical (unpaired) electrons. The molecule has 4 rings (SSSR count). The summed E-state index contributed by atoms with van der Waals surface area (Å²) in [6.45, 7) is 1.94. The molecule has 9 heteroatoms. The van der Waals surface area contributed by atoms with Crippen LogP contribution in [0.1, 0.15) is 11.1 Å². The predicted molar refractivity (Wildman–Crippen MR) is 128 cm³/mol. The number of amides is 1. The average molecular weight is 483 g/mol. The first-order valence-electron chi connectivity index (χ1n) is 10.1. The van der Waals surface area contributed by atoms with Gasteiger partial charge in [0.05, 0.1) is 16.7 Å². The number of hydrogen-bond acceptors (Lipinski definition) is 5. The molecule has 0 saturated carbocycles. The minimum Gasteiger partial charge on any atom is -0.341 e. The summed E-state index contributed by atoms with van der Waals surface area (Å²) in [5.41, 5.74) is 1.46. The molecule has 0 atom stereocenters. The molecule has 0 aliphatic carbocycles. The Labute approximate surface area is 199 Å². The maximum atomic E-state index is 14.1. The van der Waals surface area contributed by atoms with Gasteiger partial charge in [-0.1, -0.05) is 41.6 Å². The van der Waals surface area contributed by atoms with Crippen LogP contribution < -0.4 is 5.56 Å². The van der Waals surface area contributed by atoms with Gasteiger partial charge in [0.1, 0.15) is 11.6 Å². The van der Waals surface area contributed by atoms with Crippen LogP contribution in [0, 0.1) is 12.7 Å². The Morgan fingerprint density at radius 2 is 1.97 bits per heavy atom. The van der Waals surface area contributed by atoms with E-state index in [2.05, 4.69) is 9.97 Å². The number of rotatable bonds is 6. The van der Waals surface area contributed by atoms with Crippen LogP contribution in [0.15, 0.2) is 70.7 Å². The molecule has 2 aromatic carbocycles. The molecule has 168 valence electrons. The number of thioether (sulfide) groups is 1. The molecular formula is C24H20ClFN4O2S. The van der Waals surface area contributed by atoms with Gasteiger partial charge in [0, 0.05) is 30.4 Å². The molecule has 4 aromatic rings. The van der Waals surface area contributed by atoms with Crippen molar-refractivity contribution in [3.05, 3.63) is 93.1 Å². The highest BCUT2D eigenvalue weighted by atomic mass is 35.5. The van der Waals surface area contributed by atoms with Gasteiger partial charge in [-0.3, -0.25) is 9.59 Å². The zero-order valence-corrected chi connectivity index (χ0v) is 19.5. The highest BCUT2D eigenvalue weighted by Gasteiger charge is 2.18. The molecule has 0 aliphatic heterocycles. The second kappa shape index (κ2) is 9.72. The van der Waals surface area contributed by atoms with Crippen LogP contribution in [0.2, 0.25) is 5.02 Å². The summed E-state index contributed by atoms with van der Waals surface area (Å²) in [5, 5.41) is 1.07. The number of para-hydroxylation sites is 1. The Morgan fingerprint density at radius 3 is 2.73 bits per heavy atom. The third kappa shape index (κ3) is 4.91. The Balaban J connectivity index is 1.63. The molecule has 33 heavy (non-hydrogen) atoms. The smallest absolute Gasteiger partial charge is 0.267 e. The zero-order chi connectivity index (χ0) is 23.5. The first kappa shape index (κ1) is 22.9.